The van der Waals surface area contributed by atoms with Crippen molar-refractivity contribution in [2.45, 2.75) is 26.8 Å². The standard InChI is InChI=1S/C21H21N5O2S2/c1-12(2)17(19(28)25-20-22-11-13(3)29-20)24-18(27)14-6-7-15-16(10-14)30-21(23-15)26-8-4-5-9-26/h4-12,17H,1-3H3,(H,24,27)(H,22,25,28). The smallest absolute Gasteiger partial charge is 0.251 e. The highest BCUT2D eigenvalue weighted by atomic mass is 32.1. The van der Waals surface area contributed by atoms with Crippen molar-refractivity contribution in [1.82, 2.24) is 19.9 Å². The number of aromatic nitrogens is 3. The Bertz CT molecular complexity index is 1190. The van der Waals surface area contributed by atoms with Crippen LogP contribution >= 0.6 is 22.7 Å². The predicted molar refractivity (Wildman–Crippen MR) is 121 cm³/mol. The summed E-state index contributed by atoms with van der Waals surface area (Å²) in [4.78, 5) is 35.3. The van der Waals surface area contributed by atoms with Gasteiger partial charge in [0.25, 0.3) is 5.91 Å². The SMILES string of the molecule is Cc1cnc(NC(=O)C(NC(=O)c2ccc3nc(-n4cccc4)sc3c2)C(C)C)s1. The molecule has 154 valence electrons. The Morgan fingerprint density at radius 2 is 1.90 bits per heavy atom. The molecule has 2 amide bonds. The van der Waals surface area contributed by atoms with Crippen LogP contribution in [-0.2, 0) is 4.79 Å². The number of amides is 2. The summed E-state index contributed by atoms with van der Waals surface area (Å²) >= 11 is 2.91. The summed E-state index contributed by atoms with van der Waals surface area (Å²) in [6, 6.07) is 8.58. The van der Waals surface area contributed by atoms with Crippen molar-refractivity contribution in [2.75, 3.05) is 5.32 Å². The van der Waals surface area contributed by atoms with Crippen molar-refractivity contribution in [1.29, 1.82) is 0 Å². The molecule has 7 nitrogen and oxygen atoms in total. The van der Waals surface area contributed by atoms with E-state index in [4.69, 9.17) is 0 Å². The number of aryl methyl sites for hydroxylation is 1. The zero-order valence-corrected chi connectivity index (χ0v) is 18.4. The molecule has 1 atom stereocenters. The maximum absolute atomic E-state index is 12.9. The molecule has 3 aromatic heterocycles. The van der Waals surface area contributed by atoms with Gasteiger partial charge in [0.1, 0.15) is 6.04 Å². The molecule has 0 saturated carbocycles. The van der Waals surface area contributed by atoms with Crippen LogP contribution in [0.3, 0.4) is 0 Å². The van der Waals surface area contributed by atoms with Crippen LogP contribution in [0.2, 0.25) is 0 Å². The van der Waals surface area contributed by atoms with E-state index in [0.717, 1.165) is 20.2 Å². The van der Waals surface area contributed by atoms with Gasteiger partial charge in [0.05, 0.1) is 10.2 Å². The first-order valence-electron chi connectivity index (χ1n) is 9.49. The second-order valence-electron chi connectivity index (χ2n) is 7.23. The lowest BCUT2D eigenvalue weighted by molar-refractivity contribution is -0.118. The number of hydrogen-bond acceptors (Lipinski definition) is 6. The van der Waals surface area contributed by atoms with E-state index in [0.29, 0.717) is 10.7 Å². The molecule has 0 spiro atoms. The summed E-state index contributed by atoms with van der Waals surface area (Å²) in [5.41, 5.74) is 1.33. The quantitative estimate of drug-likeness (QED) is 0.470. The molecule has 1 unspecified atom stereocenters. The molecule has 9 heteroatoms. The number of anilines is 1. The normalized spacial score (nSPS) is 12.3. The third kappa shape index (κ3) is 4.27. The molecule has 0 fully saturated rings. The van der Waals surface area contributed by atoms with Gasteiger partial charge in [-0.1, -0.05) is 25.2 Å². The first kappa shape index (κ1) is 20.2. The van der Waals surface area contributed by atoms with Crippen molar-refractivity contribution < 1.29 is 9.59 Å². The number of fused-ring (bicyclic) bond motifs is 1. The summed E-state index contributed by atoms with van der Waals surface area (Å²) in [6.07, 6.45) is 5.57. The molecule has 30 heavy (non-hydrogen) atoms. The summed E-state index contributed by atoms with van der Waals surface area (Å²) in [6.45, 7) is 5.72. The minimum atomic E-state index is -0.672. The first-order chi connectivity index (χ1) is 14.4. The summed E-state index contributed by atoms with van der Waals surface area (Å²) in [7, 11) is 0. The van der Waals surface area contributed by atoms with Crippen molar-refractivity contribution in [3.8, 4) is 5.13 Å². The number of nitrogens with one attached hydrogen (secondary N) is 2. The second kappa shape index (κ2) is 8.37. The van der Waals surface area contributed by atoms with Gasteiger partial charge in [0.2, 0.25) is 5.91 Å². The van der Waals surface area contributed by atoms with Crippen molar-refractivity contribution in [3.63, 3.8) is 0 Å². The van der Waals surface area contributed by atoms with Crippen LogP contribution < -0.4 is 10.6 Å². The summed E-state index contributed by atoms with van der Waals surface area (Å²) < 4.78 is 2.85. The number of hydrogen-bond donors (Lipinski definition) is 2. The summed E-state index contributed by atoms with van der Waals surface area (Å²) in [5.74, 6) is -0.652. The maximum Gasteiger partial charge on any atom is 0.251 e. The maximum atomic E-state index is 12.9. The average molecular weight is 440 g/mol. The highest BCUT2D eigenvalue weighted by Crippen LogP contribution is 2.26. The number of benzene rings is 1. The van der Waals surface area contributed by atoms with Crippen LogP contribution in [0, 0.1) is 12.8 Å². The van der Waals surface area contributed by atoms with E-state index in [1.807, 2.05) is 62.0 Å². The highest BCUT2D eigenvalue weighted by Gasteiger charge is 2.25. The average Bonchev–Trinajstić information content (AvgIpc) is 3.45. The van der Waals surface area contributed by atoms with E-state index >= 15 is 0 Å². The molecule has 4 aromatic rings. The van der Waals surface area contributed by atoms with Gasteiger partial charge in [-0.2, -0.15) is 0 Å². The molecule has 0 aliphatic carbocycles. The fraction of sp³-hybridized carbons (Fsp3) is 0.238. The number of nitrogens with zero attached hydrogens (tertiary/aromatic N) is 3. The van der Waals surface area contributed by atoms with E-state index in [1.54, 1.807) is 12.3 Å². The molecule has 4 rings (SSSR count). The van der Waals surface area contributed by atoms with Gasteiger partial charge in [0.15, 0.2) is 10.3 Å². The molecule has 1 aromatic carbocycles. The van der Waals surface area contributed by atoms with Crippen LogP contribution in [0.5, 0.6) is 0 Å². The van der Waals surface area contributed by atoms with Crippen molar-refractivity contribution in [3.05, 3.63) is 59.4 Å². The largest absolute Gasteiger partial charge is 0.340 e. The van der Waals surface area contributed by atoms with Crippen LogP contribution in [0.15, 0.2) is 48.9 Å². The van der Waals surface area contributed by atoms with Gasteiger partial charge < -0.3 is 15.2 Å². The van der Waals surface area contributed by atoms with Crippen LogP contribution in [-0.4, -0.2) is 32.4 Å². The van der Waals surface area contributed by atoms with Gasteiger partial charge >= 0.3 is 0 Å². The van der Waals surface area contributed by atoms with Crippen molar-refractivity contribution >= 4 is 49.8 Å². The Morgan fingerprint density at radius 3 is 2.57 bits per heavy atom. The molecule has 0 bridgehead atoms. The minimum Gasteiger partial charge on any atom is -0.340 e. The fourth-order valence-electron chi connectivity index (χ4n) is 2.98. The van der Waals surface area contributed by atoms with Crippen molar-refractivity contribution in [2.24, 2.45) is 5.92 Å². The van der Waals surface area contributed by atoms with E-state index in [-0.39, 0.29) is 17.7 Å². The Kier molecular flexibility index (Phi) is 5.65. The zero-order chi connectivity index (χ0) is 21.3. The van der Waals surface area contributed by atoms with E-state index in [2.05, 4.69) is 20.6 Å². The van der Waals surface area contributed by atoms with E-state index in [1.165, 1.54) is 22.7 Å². The molecular weight excluding hydrogens is 418 g/mol. The molecular formula is C21H21N5O2S2. The number of carbonyl (C=O) groups is 2. The molecule has 0 radical (unpaired) electrons. The third-order valence-electron chi connectivity index (χ3n) is 4.55. The van der Waals surface area contributed by atoms with Crippen LogP contribution in [0.25, 0.3) is 15.3 Å². The van der Waals surface area contributed by atoms with E-state index in [9.17, 15) is 9.59 Å². The number of thiazole rings is 2. The van der Waals surface area contributed by atoms with Gasteiger partial charge in [-0.05, 0) is 43.2 Å². The monoisotopic (exact) mass is 439 g/mol. The highest BCUT2D eigenvalue weighted by molar-refractivity contribution is 7.20. The minimum absolute atomic E-state index is 0.0810. The molecule has 0 saturated heterocycles. The topological polar surface area (TPSA) is 88.9 Å². The summed E-state index contributed by atoms with van der Waals surface area (Å²) in [5, 5.41) is 7.02. The van der Waals surface area contributed by atoms with Gasteiger partial charge in [0, 0.05) is 29.0 Å². The molecule has 0 aliphatic heterocycles. The molecule has 3 heterocycles. The fourth-order valence-corrected chi connectivity index (χ4v) is 4.62. The predicted octanol–water partition coefficient (Wildman–Crippen LogP) is 4.25. The van der Waals surface area contributed by atoms with Gasteiger partial charge in [-0.25, -0.2) is 9.97 Å². The van der Waals surface area contributed by atoms with Gasteiger partial charge in [-0.3, -0.25) is 9.59 Å². The van der Waals surface area contributed by atoms with Crippen LogP contribution in [0.1, 0.15) is 29.1 Å². The lowest BCUT2D eigenvalue weighted by atomic mass is 10.0. The zero-order valence-electron chi connectivity index (χ0n) is 16.7. The van der Waals surface area contributed by atoms with E-state index < -0.39 is 6.04 Å². The Morgan fingerprint density at radius 1 is 1.13 bits per heavy atom. The number of carbonyl (C=O) groups excluding carboxylic acids is 2. The second-order valence-corrected chi connectivity index (χ2v) is 9.47. The third-order valence-corrected chi connectivity index (χ3v) is 6.41. The first-order valence-corrected chi connectivity index (χ1v) is 11.1. The Labute approximate surface area is 181 Å². The molecule has 0 aliphatic rings. The van der Waals surface area contributed by atoms with Gasteiger partial charge in [-0.15, -0.1) is 11.3 Å². The lowest BCUT2D eigenvalue weighted by Crippen LogP contribution is -2.47. The lowest BCUT2D eigenvalue weighted by Gasteiger charge is -2.21. The Balaban J connectivity index is 1.51. The Hall–Kier alpha value is -3.04. The van der Waals surface area contributed by atoms with Crippen LogP contribution in [0.4, 0.5) is 5.13 Å². The number of rotatable bonds is 6. The molecule has 2 N–H and O–H groups in total.